The predicted octanol–water partition coefficient (Wildman–Crippen LogP) is 11.4. The third-order valence-electron chi connectivity index (χ3n) is 10.0. The van der Waals surface area contributed by atoms with Gasteiger partial charge in [0.2, 0.25) is 0 Å². The number of carboxylic acid groups (broad SMARTS) is 1. The molecule has 0 heterocycles. The maximum Gasteiger partial charge on any atom is 0.306 e. The molecular weight excluding hydrogens is 743 g/mol. The first-order valence-electron chi connectivity index (χ1n) is 23.8. The second kappa shape index (κ2) is 42.0. The Morgan fingerprint density at radius 1 is 0.508 bits per heavy atom. The molecule has 0 aliphatic carbocycles. The third-order valence-corrected chi connectivity index (χ3v) is 10.0. The van der Waals surface area contributed by atoms with E-state index in [1.807, 2.05) is 21.1 Å². The van der Waals surface area contributed by atoms with Crippen LogP contribution >= 0.6 is 0 Å². The number of quaternary nitrogens is 1. The van der Waals surface area contributed by atoms with Crippen molar-refractivity contribution >= 4 is 17.9 Å². The molecule has 2 atom stereocenters. The smallest absolute Gasteiger partial charge is 0.306 e. The predicted molar refractivity (Wildman–Crippen MR) is 242 cm³/mol. The highest BCUT2D eigenvalue weighted by Gasteiger charge is 2.21. The number of carbonyl (C=O) groups is 3. The van der Waals surface area contributed by atoms with Crippen LogP contribution in [0.4, 0.5) is 0 Å². The first-order valence-corrected chi connectivity index (χ1v) is 23.8. The average Bonchev–Trinajstić information content (AvgIpc) is 3.19. The van der Waals surface area contributed by atoms with Gasteiger partial charge >= 0.3 is 11.9 Å². The molecule has 0 aromatic rings. The van der Waals surface area contributed by atoms with E-state index in [1.165, 1.54) is 89.9 Å². The highest BCUT2D eigenvalue weighted by molar-refractivity contribution is 5.70. The molecule has 9 nitrogen and oxygen atoms in total. The summed E-state index contributed by atoms with van der Waals surface area (Å²) in [6.07, 6.45) is 45.6. The summed E-state index contributed by atoms with van der Waals surface area (Å²) < 4.78 is 22.6. The van der Waals surface area contributed by atoms with Gasteiger partial charge in [0, 0.05) is 12.8 Å². The Labute approximate surface area is 362 Å². The van der Waals surface area contributed by atoms with E-state index in [0.717, 1.165) is 70.6 Å². The lowest BCUT2D eigenvalue weighted by Gasteiger charge is -2.26. The molecule has 0 aliphatic rings. The highest BCUT2D eigenvalue weighted by Crippen LogP contribution is 2.14. The summed E-state index contributed by atoms with van der Waals surface area (Å²) >= 11 is 0. The van der Waals surface area contributed by atoms with Crippen molar-refractivity contribution in [2.75, 3.05) is 47.5 Å². The Bertz CT molecular complexity index is 1110. The molecule has 0 spiro atoms. The summed E-state index contributed by atoms with van der Waals surface area (Å²) in [7, 11) is 5.90. The number of hydrogen-bond donors (Lipinski definition) is 0. The van der Waals surface area contributed by atoms with Gasteiger partial charge in [-0.25, -0.2) is 0 Å². The van der Waals surface area contributed by atoms with Crippen molar-refractivity contribution < 1.29 is 42.9 Å². The van der Waals surface area contributed by atoms with E-state index in [0.29, 0.717) is 17.4 Å². The van der Waals surface area contributed by atoms with Crippen LogP contribution in [0.5, 0.6) is 0 Å². The van der Waals surface area contributed by atoms with Gasteiger partial charge in [-0.2, -0.15) is 0 Å². The van der Waals surface area contributed by atoms with Crippen molar-refractivity contribution in [1.82, 2.24) is 0 Å². The van der Waals surface area contributed by atoms with Gasteiger partial charge in [-0.15, -0.1) is 0 Å². The number of allylic oxidation sites excluding steroid dienone is 8. The zero-order valence-electron chi connectivity index (χ0n) is 38.6. The standard InChI is InChI=1S/C50H89NO8/c1-6-8-10-12-14-16-18-20-22-24-26-28-30-32-34-36-38-40-47(52)57-44-46(45-58-50(49(54)55)56-43-42-51(3,4)5)59-48(53)41-39-37-35-33-31-29-27-25-23-21-19-17-15-13-11-9-7-2/h14-17,20-23,46,50H,6-13,18-19,24-45H2,1-5H3/b16-14-,17-15-,22-20-,23-21-. The van der Waals surface area contributed by atoms with E-state index in [9.17, 15) is 19.5 Å². The molecule has 0 aromatic heterocycles. The number of hydrogen-bond acceptors (Lipinski definition) is 8. The molecule has 0 saturated carbocycles. The monoisotopic (exact) mass is 832 g/mol. The molecular formula is C50H89NO8. The van der Waals surface area contributed by atoms with E-state index in [1.54, 1.807) is 0 Å². The number of esters is 2. The third kappa shape index (κ3) is 43.2. The Hall–Kier alpha value is -2.75. The second-order valence-electron chi connectivity index (χ2n) is 17.0. The minimum absolute atomic E-state index is 0.143. The number of rotatable bonds is 43. The SMILES string of the molecule is CCCCC/C=C\C/C=C\CCCCCCCCCC(=O)OCC(COC(OCC[N+](C)(C)C)C(=O)[O-])OC(=O)CCCCCCCCC/C=C\C/C=C\CCCCC. The summed E-state index contributed by atoms with van der Waals surface area (Å²) in [5.74, 6) is -2.31. The van der Waals surface area contributed by atoms with Gasteiger partial charge in [-0.3, -0.25) is 9.59 Å². The van der Waals surface area contributed by atoms with Gasteiger partial charge in [0.15, 0.2) is 12.4 Å². The minimum atomic E-state index is -1.62. The van der Waals surface area contributed by atoms with Crippen LogP contribution in [0.15, 0.2) is 48.6 Å². The second-order valence-corrected chi connectivity index (χ2v) is 17.0. The van der Waals surface area contributed by atoms with Crippen LogP contribution in [0.25, 0.3) is 0 Å². The lowest BCUT2D eigenvalue weighted by atomic mass is 10.1. The molecule has 0 rings (SSSR count). The highest BCUT2D eigenvalue weighted by atomic mass is 16.7. The summed E-state index contributed by atoms with van der Waals surface area (Å²) in [5, 5.41) is 11.7. The Kier molecular flexibility index (Phi) is 40.0. The lowest BCUT2D eigenvalue weighted by Crippen LogP contribution is -2.44. The fourth-order valence-electron chi connectivity index (χ4n) is 6.30. The van der Waals surface area contributed by atoms with Gasteiger partial charge in [0.1, 0.15) is 13.2 Å². The van der Waals surface area contributed by atoms with E-state index in [-0.39, 0.29) is 38.6 Å². The summed E-state index contributed by atoms with van der Waals surface area (Å²) in [6.45, 7) is 4.67. The van der Waals surface area contributed by atoms with Crippen LogP contribution in [0.1, 0.15) is 194 Å². The van der Waals surface area contributed by atoms with Gasteiger partial charge in [0.25, 0.3) is 0 Å². The molecule has 0 radical (unpaired) electrons. The first kappa shape index (κ1) is 56.2. The molecule has 0 aliphatic heterocycles. The van der Waals surface area contributed by atoms with Gasteiger partial charge in [-0.05, 0) is 77.0 Å². The Morgan fingerprint density at radius 3 is 1.34 bits per heavy atom. The van der Waals surface area contributed by atoms with E-state index in [4.69, 9.17) is 18.9 Å². The van der Waals surface area contributed by atoms with Crippen molar-refractivity contribution in [2.45, 2.75) is 206 Å². The van der Waals surface area contributed by atoms with Crippen LogP contribution < -0.4 is 5.11 Å². The molecule has 0 amide bonds. The van der Waals surface area contributed by atoms with Gasteiger partial charge in [-0.1, -0.05) is 152 Å². The normalized spacial score (nSPS) is 13.3. The maximum atomic E-state index is 12.8. The number of carboxylic acids is 1. The van der Waals surface area contributed by atoms with E-state index >= 15 is 0 Å². The number of carbonyl (C=O) groups excluding carboxylic acids is 3. The number of nitrogens with zero attached hydrogens (tertiary/aromatic N) is 1. The van der Waals surface area contributed by atoms with Crippen molar-refractivity contribution in [2.24, 2.45) is 0 Å². The fourth-order valence-corrected chi connectivity index (χ4v) is 6.30. The van der Waals surface area contributed by atoms with Crippen LogP contribution in [-0.4, -0.2) is 82.3 Å². The van der Waals surface area contributed by atoms with Crippen LogP contribution in [0, 0.1) is 0 Å². The summed E-state index contributed by atoms with van der Waals surface area (Å²) in [6, 6.07) is 0. The van der Waals surface area contributed by atoms with E-state index < -0.39 is 24.3 Å². The molecule has 342 valence electrons. The molecule has 2 unspecified atom stereocenters. The van der Waals surface area contributed by atoms with Crippen LogP contribution in [0.3, 0.4) is 0 Å². The first-order chi connectivity index (χ1) is 28.6. The number of ether oxygens (including phenoxy) is 4. The largest absolute Gasteiger partial charge is 0.545 e. The van der Waals surface area contributed by atoms with Gasteiger partial charge < -0.3 is 33.3 Å². The Balaban J connectivity index is 4.43. The van der Waals surface area contributed by atoms with Crippen molar-refractivity contribution in [3.05, 3.63) is 48.6 Å². The topological polar surface area (TPSA) is 111 Å². The maximum absolute atomic E-state index is 12.8. The van der Waals surface area contributed by atoms with Crippen LogP contribution in [-0.2, 0) is 33.3 Å². The molecule has 0 saturated heterocycles. The summed E-state index contributed by atoms with van der Waals surface area (Å²) in [5.41, 5.74) is 0. The van der Waals surface area contributed by atoms with Gasteiger partial charge in [0.05, 0.1) is 40.3 Å². The summed E-state index contributed by atoms with van der Waals surface area (Å²) in [4.78, 5) is 37.0. The molecule has 0 fully saturated rings. The van der Waals surface area contributed by atoms with E-state index in [2.05, 4.69) is 62.5 Å². The van der Waals surface area contributed by atoms with Crippen LogP contribution in [0.2, 0.25) is 0 Å². The molecule has 0 N–H and O–H groups in total. The van der Waals surface area contributed by atoms with Crippen molar-refractivity contribution in [1.29, 1.82) is 0 Å². The van der Waals surface area contributed by atoms with Crippen molar-refractivity contribution in [3.63, 3.8) is 0 Å². The van der Waals surface area contributed by atoms with Crippen molar-refractivity contribution in [3.8, 4) is 0 Å². The molecule has 0 bridgehead atoms. The quantitative estimate of drug-likeness (QED) is 0.0196. The number of aliphatic carboxylic acids is 1. The molecule has 59 heavy (non-hydrogen) atoms. The lowest BCUT2D eigenvalue weighted by molar-refractivity contribution is -0.870. The Morgan fingerprint density at radius 2 is 0.915 bits per heavy atom. The minimum Gasteiger partial charge on any atom is -0.545 e. The fraction of sp³-hybridized carbons (Fsp3) is 0.780. The molecule has 9 heteroatoms. The number of unbranched alkanes of at least 4 members (excludes halogenated alkanes) is 20. The zero-order chi connectivity index (χ0) is 43.5. The average molecular weight is 832 g/mol. The molecule has 0 aromatic carbocycles. The zero-order valence-corrected chi connectivity index (χ0v) is 38.6. The number of likely N-dealkylation sites (N-methyl/N-ethyl adjacent to an activating group) is 1.